The van der Waals surface area contributed by atoms with E-state index in [0.717, 1.165) is 12.8 Å². The number of hydrogen-bond donors (Lipinski definition) is 2. The zero-order valence-electron chi connectivity index (χ0n) is 8.18. The van der Waals surface area contributed by atoms with Crippen molar-refractivity contribution in [2.75, 3.05) is 0 Å². The predicted octanol–water partition coefficient (Wildman–Crippen LogP) is 2.36. The highest BCUT2D eigenvalue weighted by Crippen LogP contribution is 2.07. The summed E-state index contributed by atoms with van der Waals surface area (Å²) in [5, 5.41) is 0. The lowest BCUT2D eigenvalue weighted by Crippen LogP contribution is -2.34. The SMILES string of the molecule is C=CCCCCCC(CC)NN. The summed E-state index contributed by atoms with van der Waals surface area (Å²) in [6, 6.07) is 0.508. The average Bonchev–Trinajstić information content (AvgIpc) is 2.11. The highest BCUT2D eigenvalue weighted by molar-refractivity contribution is 4.66. The van der Waals surface area contributed by atoms with Crippen LogP contribution in [-0.4, -0.2) is 6.04 Å². The average molecular weight is 170 g/mol. The maximum atomic E-state index is 5.36. The summed E-state index contributed by atoms with van der Waals surface area (Å²) in [7, 11) is 0. The molecule has 1 atom stereocenters. The van der Waals surface area contributed by atoms with Crippen molar-refractivity contribution in [3.63, 3.8) is 0 Å². The topological polar surface area (TPSA) is 38.0 Å². The Morgan fingerprint density at radius 2 is 2.17 bits per heavy atom. The van der Waals surface area contributed by atoms with E-state index in [1.807, 2.05) is 6.08 Å². The van der Waals surface area contributed by atoms with E-state index in [0.29, 0.717) is 6.04 Å². The summed E-state index contributed by atoms with van der Waals surface area (Å²) in [5.41, 5.74) is 2.82. The van der Waals surface area contributed by atoms with Crippen molar-refractivity contribution in [1.82, 2.24) is 5.43 Å². The summed E-state index contributed by atoms with van der Waals surface area (Å²) in [6.45, 7) is 5.85. The third-order valence-corrected chi connectivity index (χ3v) is 2.19. The number of nitrogens with two attached hydrogens (primary N) is 1. The Labute approximate surface area is 76.2 Å². The lowest BCUT2D eigenvalue weighted by Gasteiger charge is -2.12. The fourth-order valence-electron chi connectivity index (χ4n) is 1.26. The second-order valence-corrected chi connectivity index (χ2v) is 3.20. The van der Waals surface area contributed by atoms with Gasteiger partial charge in [-0.3, -0.25) is 11.3 Å². The van der Waals surface area contributed by atoms with Gasteiger partial charge in [0, 0.05) is 6.04 Å². The van der Waals surface area contributed by atoms with E-state index in [-0.39, 0.29) is 0 Å². The molecular formula is C10H22N2. The molecule has 0 saturated heterocycles. The van der Waals surface area contributed by atoms with Crippen molar-refractivity contribution < 1.29 is 0 Å². The number of nitrogens with one attached hydrogen (secondary N) is 1. The van der Waals surface area contributed by atoms with Gasteiger partial charge < -0.3 is 0 Å². The molecule has 0 heterocycles. The summed E-state index contributed by atoms with van der Waals surface area (Å²) in [4.78, 5) is 0. The quantitative estimate of drug-likeness (QED) is 0.254. The highest BCUT2D eigenvalue weighted by atomic mass is 15.2. The maximum Gasteiger partial charge on any atom is 0.0207 e. The molecule has 72 valence electrons. The highest BCUT2D eigenvalue weighted by Gasteiger charge is 2.01. The van der Waals surface area contributed by atoms with Crippen LogP contribution in [0, 0.1) is 0 Å². The monoisotopic (exact) mass is 170 g/mol. The third-order valence-electron chi connectivity index (χ3n) is 2.19. The molecule has 0 bridgehead atoms. The van der Waals surface area contributed by atoms with E-state index in [9.17, 15) is 0 Å². The second kappa shape index (κ2) is 8.75. The number of hydrogen-bond acceptors (Lipinski definition) is 2. The fraction of sp³-hybridized carbons (Fsp3) is 0.800. The molecule has 0 aromatic carbocycles. The van der Waals surface area contributed by atoms with Gasteiger partial charge in [-0.25, -0.2) is 0 Å². The van der Waals surface area contributed by atoms with Gasteiger partial charge in [0.05, 0.1) is 0 Å². The van der Waals surface area contributed by atoms with Crippen LogP contribution in [-0.2, 0) is 0 Å². The van der Waals surface area contributed by atoms with E-state index in [1.54, 1.807) is 0 Å². The Balaban J connectivity index is 3.11. The summed E-state index contributed by atoms with van der Waals surface area (Å²) in [5.74, 6) is 5.36. The normalized spacial score (nSPS) is 12.8. The van der Waals surface area contributed by atoms with Crippen molar-refractivity contribution >= 4 is 0 Å². The molecule has 0 amide bonds. The molecule has 0 saturated carbocycles. The molecular weight excluding hydrogens is 148 g/mol. The van der Waals surface area contributed by atoms with Crippen LogP contribution in [0.1, 0.15) is 45.4 Å². The Kier molecular flexibility index (Phi) is 8.51. The molecule has 0 aromatic rings. The minimum atomic E-state index is 0.508. The van der Waals surface area contributed by atoms with E-state index >= 15 is 0 Å². The molecule has 12 heavy (non-hydrogen) atoms. The van der Waals surface area contributed by atoms with Crippen molar-refractivity contribution in [2.24, 2.45) is 5.84 Å². The Hall–Kier alpha value is -0.340. The zero-order valence-corrected chi connectivity index (χ0v) is 8.18. The zero-order chi connectivity index (χ0) is 9.23. The minimum absolute atomic E-state index is 0.508. The fourth-order valence-corrected chi connectivity index (χ4v) is 1.26. The van der Waals surface area contributed by atoms with Crippen LogP contribution >= 0.6 is 0 Å². The molecule has 0 spiro atoms. The van der Waals surface area contributed by atoms with Crippen LogP contribution in [0.3, 0.4) is 0 Å². The van der Waals surface area contributed by atoms with Gasteiger partial charge in [0.15, 0.2) is 0 Å². The molecule has 0 aromatic heterocycles. The van der Waals surface area contributed by atoms with E-state index in [4.69, 9.17) is 5.84 Å². The minimum Gasteiger partial charge on any atom is -0.271 e. The van der Waals surface area contributed by atoms with Crippen LogP contribution in [0.2, 0.25) is 0 Å². The lowest BCUT2D eigenvalue weighted by molar-refractivity contribution is 0.456. The first-order valence-corrected chi connectivity index (χ1v) is 4.92. The Morgan fingerprint density at radius 1 is 1.42 bits per heavy atom. The molecule has 0 aliphatic heterocycles. The molecule has 0 aliphatic carbocycles. The van der Waals surface area contributed by atoms with Gasteiger partial charge in [0.1, 0.15) is 0 Å². The molecule has 0 fully saturated rings. The molecule has 3 N–H and O–H groups in total. The van der Waals surface area contributed by atoms with Crippen LogP contribution in [0.5, 0.6) is 0 Å². The van der Waals surface area contributed by atoms with Gasteiger partial charge in [0.2, 0.25) is 0 Å². The van der Waals surface area contributed by atoms with Gasteiger partial charge in [0.25, 0.3) is 0 Å². The first kappa shape index (κ1) is 11.7. The van der Waals surface area contributed by atoms with Gasteiger partial charge >= 0.3 is 0 Å². The van der Waals surface area contributed by atoms with Crippen molar-refractivity contribution in [3.05, 3.63) is 12.7 Å². The molecule has 0 radical (unpaired) electrons. The van der Waals surface area contributed by atoms with Gasteiger partial charge in [-0.2, -0.15) is 0 Å². The number of rotatable bonds is 8. The molecule has 0 rings (SSSR count). The van der Waals surface area contributed by atoms with Crippen LogP contribution in [0.15, 0.2) is 12.7 Å². The van der Waals surface area contributed by atoms with Gasteiger partial charge in [-0.05, 0) is 25.7 Å². The Bertz CT molecular complexity index is 98.0. The van der Waals surface area contributed by atoms with Crippen molar-refractivity contribution in [3.8, 4) is 0 Å². The van der Waals surface area contributed by atoms with Crippen LogP contribution in [0.4, 0.5) is 0 Å². The number of allylic oxidation sites excluding steroid dienone is 1. The molecule has 1 unspecified atom stereocenters. The van der Waals surface area contributed by atoms with E-state index in [1.165, 1.54) is 25.7 Å². The second-order valence-electron chi connectivity index (χ2n) is 3.20. The summed E-state index contributed by atoms with van der Waals surface area (Å²) >= 11 is 0. The lowest BCUT2D eigenvalue weighted by atomic mass is 10.1. The standard InChI is InChI=1S/C10H22N2/c1-3-5-6-7-8-9-10(4-2)12-11/h3,10,12H,1,4-9,11H2,2H3. The number of unbranched alkanes of at least 4 members (excludes halogenated alkanes) is 3. The third kappa shape index (κ3) is 6.38. The largest absolute Gasteiger partial charge is 0.271 e. The van der Waals surface area contributed by atoms with Crippen molar-refractivity contribution in [2.45, 2.75) is 51.5 Å². The predicted molar refractivity (Wildman–Crippen MR) is 54.7 cm³/mol. The van der Waals surface area contributed by atoms with Crippen LogP contribution < -0.4 is 11.3 Å². The summed E-state index contributed by atoms with van der Waals surface area (Å²) in [6.07, 6.45) is 9.29. The maximum absolute atomic E-state index is 5.36. The molecule has 0 aliphatic rings. The first-order valence-electron chi connectivity index (χ1n) is 4.92. The molecule has 2 heteroatoms. The molecule has 2 nitrogen and oxygen atoms in total. The smallest absolute Gasteiger partial charge is 0.0207 e. The van der Waals surface area contributed by atoms with E-state index in [2.05, 4.69) is 18.9 Å². The van der Waals surface area contributed by atoms with Crippen LogP contribution in [0.25, 0.3) is 0 Å². The van der Waals surface area contributed by atoms with Gasteiger partial charge in [-0.15, -0.1) is 6.58 Å². The number of hydrazine groups is 1. The first-order chi connectivity index (χ1) is 5.85. The van der Waals surface area contributed by atoms with Gasteiger partial charge in [-0.1, -0.05) is 25.8 Å². The van der Waals surface area contributed by atoms with E-state index < -0.39 is 0 Å². The Morgan fingerprint density at radius 3 is 2.67 bits per heavy atom. The van der Waals surface area contributed by atoms with Crippen molar-refractivity contribution in [1.29, 1.82) is 0 Å². The summed E-state index contributed by atoms with van der Waals surface area (Å²) < 4.78 is 0.